The number of likely N-dealkylation sites (N-methyl/N-ethyl adjacent to an activating group) is 1. The number of anilines is 1. The third-order valence-electron chi connectivity index (χ3n) is 7.55. The minimum absolute atomic E-state index is 0. The second-order valence-electron chi connectivity index (χ2n) is 10.1. The molecule has 8 nitrogen and oxygen atoms in total. The number of hydrogen-bond donors (Lipinski definition) is 2. The van der Waals surface area contributed by atoms with Crippen molar-refractivity contribution in [1.29, 1.82) is 0 Å². The molecule has 1 amide bonds. The largest absolute Gasteiger partial charge is 0.355 e. The number of nitrogens with two attached hydrogens (primary N) is 2. The van der Waals surface area contributed by atoms with Crippen LogP contribution in [0.1, 0.15) is 54.6 Å². The van der Waals surface area contributed by atoms with Gasteiger partial charge in [-0.05, 0) is 50.2 Å². The zero-order valence-electron chi connectivity index (χ0n) is 20.8. The molecule has 3 atom stereocenters. The van der Waals surface area contributed by atoms with Gasteiger partial charge in [-0.1, -0.05) is 31.2 Å². The molecule has 2 aliphatic rings. The Morgan fingerprint density at radius 3 is 2.74 bits per heavy atom. The minimum Gasteiger partial charge on any atom is -0.355 e. The smallest absolute Gasteiger partial charge is 0.243 e. The minimum atomic E-state index is -0.897. The first kappa shape index (κ1) is 25.4. The lowest BCUT2D eigenvalue weighted by atomic mass is 9.77. The fourth-order valence-electron chi connectivity index (χ4n) is 5.60. The molecule has 35 heavy (non-hydrogen) atoms. The van der Waals surface area contributed by atoms with Crippen LogP contribution in [-0.2, 0) is 17.6 Å². The monoisotopic (exact) mass is 497 g/mol. The third kappa shape index (κ3) is 4.62. The molecule has 0 radical (unpaired) electrons. The number of halogens is 1. The van der Waals surface area contributed by atoms with Crippen LogP contribution in [0.2, 0.25) is 0 Å². The lowest BCUT2D eigenvalue weighted by Crippen LogP contribution is -2.58. The number of carbonyl (C=O) groups is 1. The van der Waals surface area contributed by atoms with Crippen molar-refractivity contribution < 1.29 is 4.79 Å². The van der Waals surface area contributed by atoms with E-state index in [4.69, 9.17) is 21.5 Å². The molecule has 1 aromatic carbocycles. The highest BCUT2D eigenvalue weighted by Crippen LogP contribution is 2.32. The predicted octanol–water partition coefficient (Wildman–Crippen LogP) is 2.79. The standard InChI is InChI=1S/C26H35N7O.ClH/c1-4-22(31(3)25(34)26(28)11-9-18-7-5-6-8-19(18)14-26)21-13-23-29-24(17(2)15-33(23)30-21)32-12-10-20(27)16-32;/h5-8,13,15,20,22H,4,9-12,14,16,27-28H2,1-3H3;1H/t20-,22-,26?;/m0./s1. The second-order valence-corrected chi connectivity index (χ2v) is 10.1. The summed E-state index contributed by atoms with van der Waals surface area (Å²) in [6, 6.07) is 10.3. The first-order valence-electron chi connectivity index (χ1n) is 12.3. The van der Waals surface area contributed by atoms with Gasteiger partial charge in [0.15, 0.2) is 5.65 Å². The normalized spacial score (nSPS) is 22.5. The van der Waals surface area contributed by atoms with E-state index in [1.165, 1.54) is 11.1 Å². The van der Waals surface area contributed by atoms with Crippen molar-refractivity contribution in [3.05, 3.63) is 58.9 Å². The summed E-state index contributed by atoms with van der Waals surface area (Å²) in [6.45, 7) is 5.87. The molecule has 1 unspecified atom stereocenters. The molecule has 1 fully saturated rings. The van der Waals surface area contributed by atoms with E-state index >= 15 is 0 Å². The molecular weight excluding hydrogens is 462 g/mol. The lowest BCUT2D eigenvalue weighted by molar-refractivity contribution is -0.138. The molecule has 1 aliphatic carbocycles. The summed E-state index contributed by atoms with van der Waals surface area (Å²) in [7, 11) is 1.85. The third-order valence-corrected chi connectivity index (χ3v) is 7.55. The van der Waals surface area contributed by atoms with Crippen molar-refractivity contribution in [2.45, 2.75) is 63.6 Å². The Morgan fingerprint density at radius 2 is 2.06 bits per heavy atom. The fraction of sp³-hybridized carbons (Fsp3) is 0.500. The summed E-state index contributed by atoms with van der Waals surface area (Å²) in [4.78, 5) is 22.6. The summed E-state index contributed by atoms with van der Waals surface area (Å²) < 4.78 is 1.82. The van der Waals surface area contributed by atoms with Gasteiger partial charge in [0.1, 0.15) is 5.82 Å². The van der Waals surface area contributed by atoms with Crippen molar-refractivity contribution in [3.63, 3.8) is 0 Å². The molecular formula is C26H36ClN7O. The fourth-order valence-corrected chi connectivity index (χ4v) is 5.60. The number of fused-ring (bicyclic) bond motifs is 2. The van der Waals surface area contributed by atoms with Gasteiger partial charge in [0.25, 0.3) is 0 Å². The van der Waals surface area contributed by atoms with Crippen LogP contribution in [0.5, 0.6) is 0 Å². The molecule has 0 saturated carbocycles. The SMILES string of the molecule is CC[C@@H](c1cc2nc(N3CC[C@H](N)C3)c(C)cn2n1)N(C)C(=O)C1(N)CCc2ccccc2C1.Cl. The van der Waals surface area contributed by atoms with Crippen molar-refractivity contribution in [1.82, 2.24) is 19.5 Å². The van der Waals surface area contributed by atoms with Gasteiger partial charge in [-0.15, -0.1) is 12.4 Å². The maximum Gasteiger partial charge on any atom is 0.243 e. The summed E-state index contributed by atoms with van der Waals surface area (Å²) in [6.07, 6.45) is 5.77. The molecule has 3 aromatic rings. The number of nitrogens with zero attached hydrogens (tertiary/aromatic N) is 5. The molecule has 1 saturated heterocycles. The van der Waals surface area contributed by atoms with Gasteiger partial charge < -0.3 is 21.3 Å². The lowest BCUT2D eigenvalue weighted by Gasteiger charge is -2.38. The van der Waals surface area contributed by atoms with Crippen molar-refractivity contribution >= 4 is 29.8 Å². The Labute approximate surface area is 213 Å². The highest BCUT2D eigenvalue weighted by molar-refractivity contribution is 5.87. The van der Waals surface area contributed by atoms with Crippen LogP contribution in [0.3, 0.4) is 0 Å². The molecule has 2 aromatic heterocycles. The van der Waals surface area contributed by atoms with Gasteiger partial charge in [-0.2, -0.15) is 5.10 Å². The average molecular weight is 498 g/mol. The number of aryl methyl sites for hydroxylation is 2. The summed E-state index contributed by atoms with van der Waals surface area (Å²) >= 11 is 0. The Balaban J connectivity index is 0.00000289. The van der Waals surface area contributed by atoms with Crippen molar-refractivity contribution in [2.24, 2.45) is 11.5 Å². The van der Waals surface area contributed by atoms with Crippen LogP contribution >= 0.6 is 12.4 Å². The summed E-state index contributed by atoms with van der Waals surface area (Å²) in [5, 5.41) is 4.81. The first-order chi connectivity index (χ1) is 16.3. The van der Waals surface area contributed by atoms with Crippen LogP contribution in [0, 0.1) is 6.92 Å². The van der Waals surface area contributed by atoms with Gasteiger partial charge in [0, 0.05) is 44.0 Å². The van der Waals surface area contributed by atoms with E-state index in [0.29, 0.717) is 12.8 Å². The molecule has 0 bridgehead atoms. The predicted molar refractivity (Wildman–Crippen MR) is 141 cm³/mol. The molecule has 1 aliphatic heterocycles. The van der Waals surface area contributed by atoms with E-state index in [1.54, 1.807) is 4.90 Å². The number of carbonyl (C=O) groups excluding carboxylic acids is 1. The molecule has 0 spiro atoms. The van der Waals surface area contributed by atoms with Gasteiger partial charge in [-0.25, -0.2) is 9.50 Å². The average Bonchev–Trinajstić information content (AvgIpc) is 3.43. The molecule has 9 heteroatoms. The van der Waals surface area contributed by atoms with Gasteiger partial charge in [0.2, 0.25) is 5.91 Å². The van der Waals surface area contributed by atoms with E-state index in [-0.39, 0.29) is 30.4 Å². The Bertz CT molecular complexity index is 1230. The van der Waals surface area contributed by atoms with Crippen LogP contribution < -0.4 is 16.4 Å². The zero-order valence-corrected chi connectivity index (χ0v) is 21.6. The highest BCUT2D eigenvalue weighted by atomic mass is 35.5. The van der Waals surface area contributed by atoms with Crippen LogP contribution in [0.25, 0.3) is 5.65 Å². The van der Waals surface area contributed by atoms with Crippen LogP contribution in [0.15, 0.2) is 36.5 Å². The second kappa shape index (κ2) is 9.76. The quantitative estimate of drug-likeness (QED) is 0.561. The molecule has 5 rings (SSSR count). The highest BCUT2D eigenvalue weighted by Gasteiger charge is 2.41. The van der Waals surface area contributed by atoms with E-state index < -0.39 is 5.54 Å². The number of hydrogen-bond acceptors (Lipinski definition) is 6. The van der Waals surface area contributed by atoms with Crippen molar-refractivity contribution in [3.8, 4) is 0 Å². The van der Waals surface area contributed by atoms with Gasteiger partial charge >= 0.3 is 0 Å². The molecule has 4 N–H and O–H groups in total. The molecule has 3 heterocycles. The van der Waals surface area contributed by atoms with E-state index in [1.807, 2.05) is 36.0 Å². The van der Waals surface area contributed by atoms with Crippen LogP contribution in [0.4, 0.5) is 5.82 Å². The van der Waals surface area contributed by atoms with E-state index in [0.717, 1.165) is 55.1 Å². The molecule has 188 valence electrons. The number of amides is 1. The number of benzene rings is 1. The maximum absolute atomic E-state index is 13.7. The van der Waals surface area contributed by atoms with Crippen molar-refractivity contribution in [2.75, 3.05) is 25.0 Å². The summed E-state index contributed by atoms with van der Waals surface area (Å²) in [5.74, 6) is 0.938. The van der Waals surface area contributed by atoms with Crippen LogP contribution in [-0.4, -0.2) is 57.1 Å². The van der Waals surface area contributed by atoms with Gasteiger partial charge in [-0.3, -0.25) is 4.79 Å². The zero-order chi connectivity index (χ0) is 24.0. The first-order valence-corrected chi connectivity index (χ1v) is 12.3. The van der Waals surface area contributed by atoms with E-state index in [9.17, 15) is 4.79 Å². The Hall–Kier alpha value is -2.68. The Kier molecular flexibility index (Phi) is 7.09. The topological polar surface area (TPSA) is 106 Å². The summed E-state index contributed by atoms with van der Waals surface area (Å²) in [5.41, 5.74) is 17.1. The number of rotatable bonds is 5. The number of aromatic nitrogens is 3. The van der Waals surface area contributed by atoms with E-state index in [2.05, 4.69) is 30.9 Å². The Morgan fingerprint density at radius 1 is 1.31 bits per heavy atom. The van der Waals surface area contributed by atoms with Gasteiger partial charge in [0.05, 0.1) is 17.3 Å². The maximum atomic E-state index is 13.7.